The summed E-state index contributed by atoms with van der Waals surface area (Å²) in [6, 6.07) is 9.73. The summed E-state index contributed by atoms with van der Waals surface area (Å²) in [4.78, 5) is 0. The molecule has 60 valence electrons. The molecule has 3 heteroatoms. The van der Waals surface area contributed by atoms with Crippen molar-refractivity contribution in [2.45, 2.75) is 6.55 Å². The summed E-state index contributed by atoms with van der Waals surface area (Å²) in [5.74, 6) is 0.897. The van der Waals surface area contributed by atoms with Crippen LogP contribution in [0.3, 0.4) is 0 Å². The van der Waals surface area contributed by atoms with Gasteiger partial charge in [-0.05, 0) is 18.7 Å². The van der Waals surface area contributed by atoms with E-state index in [1.54, 1.807) is 7.11 Å². The van der Waals surface area contributed by atoms with Crippen molar-refractivity contribution in [2.75, 3.05) is 7.11 Å². The quantitative estimate of drug-likeness (QED) is 0.638. The Labute approximate surface area is 68.6 Å². The monoisotopic (exact) mass is 168 g/mol. The lowest BCUT2D eigenvalue weighted by atomic mass is 10.3. The van der Waals surface area contributed by atoms with Crippen LogP contribution in [-0.4, -0.2) is 16.4 Å². The minimum absolute atomic E-state index is 0.897. The molecule has 0 saturated heterocycles. The van der Waals surface area contributed by atoms with E-state index in [0.717, 1.165) is 5.75 Å². The zero-order chi connectivity index (χ0) is 8.10. The third-order valence-corrected chi connectivity index (χ3v) is 2.65. The largest absolute Gasteiger partial charge is 0.522 e. The number of benzene rings is 1. The first-order valence-corrected chi connectivity index (χ1v) is 5.67. The lowest BCUT2D eigenvalue weighted by Crippen LogP contribution is -2.19. The van der Waals surface area contributed by atoms with Crippen LogP contribution >= 0.6 is 0 Å². The maximum absolute atomic E-state index is 5.48. The molecule has 0 heterocycles. The standard InChI is InChI=1S/C8H12O2Si/c1-9-11(2)10-8-6-4-3-5-7-8/h3-7,11H,1-2H3. The van der Waals surface area contributed by atoms with Crippen LogP contribution in [0, 0.1) is 0 Å². The molecular formula is C8H12O2Si. The van der Waals surface area contributed by atoms with Gasteiger partial charge in [0.2, 0.25) is 0 Å². The fourth-order valence-electron chi connectivity index (χ4n) is 0.739. The Bertz CT molecular complexity index is 201. The van der Waals surface area contributed by atoms with Gasteiger partial charge in [-0.15, -0.1) is 0 Å². The summed E-state index contributed by atoms with van der Waals surface area (Å²) >= 11 is 0. The minimum atomic E-state index is -1.41. The SMILES string of the molecule is CO[SiH](C)Oc1ccccc1. The first kappa shape index (κ1) is 8.29. The molecule has 1 aromatic carbocycles. The first-order chi connectivity index (χ1) is 5.33. The number of hydrogen-bond acceptors (Lipinski definition) is 2. The van der Waals surface area contributed by atoms with Crippen molar-refractivity contribution in [3.63, 3.8) is 0 Å². The predicted molar refractivity (Wildman–Crippen MR) is 47.1 cm³/mol. The molecule has 0 fully saturated rings. The highest BCUT2D eigenvalue weighted by atomic mass is 28.3. The molecule has 1 atom stereocenters. The molecule has 0 bridgehead atoms. The van der Waals surface area contributed by atoms with Crippen molar-refractivity contribution in [3.8, 4) is 5.75 Å². The van der Waals surface area contributed by atoms with Gasteiger partial charge in [0.05, 0.1) is 0 Å². The minimum Gasteiger partial charge on any atom is -0.522 e. The van der Waals surface area contributed by atoms with E-state index in [4.69, 9.17) is 8.85 Å². The Morgan fingerprint density at radius 1 is 1.18 bits per heavy atom. The zero-order valence-corrected chi connectivity index (χ0v) is 7.94. The Hall–Kier alpha value is -0.803. The average molecular weight is 168 g/mol. The molecule has 0 radical (unpaired) electrons. The van der Waals surface area contributed by atoms with Crippen LogP contribution in [0.1, 0.15) is 0 Å². The summed E-state index contributed by atoms with van der Waals surface area (Å²) < 4.78 is 10.6. The maximum atomic E-state index is 5.48. The lowest BCUT2D eigenvalue weighted by molar-refractivity contribution is 0.341. The van der Waals surface area contributed by atoms with Crippen LogP contribution in [0.15, 0.2) is 30.3 Å². The van der Waals surface area contributed by atoms with E-state index in [2.05, 4.69) is 0 Å². The van der Waals surface area contributed by atoms with Crippen LogP contribution in [0.5, 0.6) is 5.75 Å². The Morgan fingerprint density at radius 3 is 2.36 bits per heavy atom. The molecule has 2 nitrogen and oxygen atoms in total. The average Bonchev–Trinajstić information content (AvgIpc) is 2.06. The van der Waals surface area contributed by atoms with Crippen LogP contribution in [0.4, 0.5) is 0 Å². The smallest absolute Gasteiger partial charge is 0.378 e. The van der Waals surface area contributed by atoms with Gasteiger partial charge in [-0.25, -0.2) is 0 Å². The third-order valence-electron chi connectivity index (χ3n) is 1.38. The van der Waals surface area contributed by atoms with Crippen LogP contribution < -0.4 is 4.43 Å². The molecule has 0 amide bonds. The van der Waals surface area contributed by atoms with Gasteiger partial charge in [-0.1, -0.05) is 18.2 Å². The van der Waals surface area contributed by atoms with E-state index in [1.165, 1.54) is 0 Å². The zero-order valence-electron chi connectivity index (χ0n) is 6.78. The van der Waals surface area contributed by atoms with Gasteiger partial charge < -0.3 is 8.85 Å². The second-order valence-corrected chi connectivity index (χ2v) is 4.08. The fraction of sp³-hybridized carbons (Fsp3) is 0.250. The number of para-hydroxylation sites is 1. The second-order valence-electron chi connectivity index (χ2n) is 2.23. The molecule has 0 aliphatic carbocycles. The molecule has 0 N–H and O–H groups in total. The predicted octanol–water partition coefficient (Wildman–Crippen LogP) is 1.56. The number of rotatable bonds is 3. The molecule has 1 rings (SSSR count). The highest BCUT2D eigenvalue weighted by Gasteiger charge is 2.02. The van der Waals surface area contributed by atoms with Gasteiger partial charge in [0.15, 0.2) is 0 Å². The number of hydrogen-bond donors (Lipinski definition) is 0. The lowest BCUT2D eigenvalue weighted by Gasteiger charge is -2.10. The summed E-state index contributed by atoms with van der Waals surface area (Å²) in [5.41, 5.74) is 0. The van der Waals surface area contributed by atoms with Gasteiger partial charge >= 0.3 is 9.28 Å². The Morgan fingerprint density at radius 2 is 1.82 bits per heavy atom. The normalized spacial score (nSPS) is 12.5. The fourth-order valence-corrected chi connectivity index (χ4v) is 1.38. The van der Waals surface area contributed by atoms with Gasteiger partial charge in [0.25, 0.3) is 0 Å². The molecule has 0 saturated carbocycles. The molecule has 0 aromatic heterocycles. The topological polar surface area (TPSA) is 18.5 Å². The molecular weight excluding hydrogens is 156 g/mol. The maximum Gasteiger partial charge on any atom is 0.378 e. The van der Waals surface area contributed by atoms with E-state index in [9.17, 15) is 0 Å². The van der Waals surface area contributed by atoms with Crippen LogP contribution in [-0.2, 0) is 4.43 Å². The van der Waals surface area contributed by atoms with Crippen molar-refractivity contribution in [1.82, 2.24) is 0 Å². The van der Waals surface area contributed by atoms with Gasteiger partial charge in [0.1, 0.15) is 5.75 Å². The van der Waals surface area contributed by atoms with E-state index in [1.807, 2.05) is 36.9 Å². The van der Waals surface area contributed by atoms with Crippen LogP contribution in [0.25, 0.3) is 0 Å². The molecule has 0 spiro atoms. The van der Waals surface area contributed by atoms with Crippen molar-refractivity contribution in [3.05, 3.63) is 30.3 Å². The second kappa shape index (κ2) is 4.15. The Kier molecular flexibility index (Phi) is 3.13. The highest BCUT2D eigenvalue weighted by molar-refractivity contribution is 6.43. The Balaban J connectivity index is 2.51. The molecule has 0 aliphatic heterocycles. The van der Waals surface area contributed by atoms with Crippen molar-refractivity contribution >= 4 is 9.28 Å². The molecule has 1 aromatic rings. The van der Waals surface area contributed by atoms with E-state index in [0.29, 0.717) is 0 Å². The van der Waals surface area contributed by atoms with Crippen LogP contribution in [0.2, 0.25) is 6.55 Å². The van der Waals surface area contributed by atoms with E-state index in [-0.39, 0.29) is 0 Å². The highest BCUT2D eigenvalue weighted by Crippen LogP contribution is 2.09. The van der Waals surface area contributed by atoms with Crippen molar-refractivity contribution < 1.29 is 8.85 Å². The van der Waals surface area contributed by atoms with Gasteiger partial charge in [-0.3, -0.25) is 0 Å². The van der Waals surface area contributed by atoms with Gasteiger partial charge in [-0.2, -0.15) is 0 Å². The molecule has 11 heavy (non-hydrogen) atoms. The van der Waals surface area contributed by atoms with Crippen molar-refractivity contribution in [1.29, 1.82) is 0 Å². The summed E-state index contributed by atoms with van der Waals surface area (Å²) in [6.45, 7) is 1.99. The van der Waals surface area contributed by atoms with Crippen molar-refractivity contribution in [2.24, 2.45) is 0 Å². The molecule has 1 unspecified atom stereocenters. The summed E-state index contributed by atoms with van der Waals surface area (Å²) in [7, 11) is 0.272. The molecule has 0 aliphatic rings. The summed E-state index contributed by atoms with van der Waals surface area (Å²) in [6.07, 6.45) is 0. The summed E-state index contributed by atoms with van der Waals surface area (Å²) in [5, 5.41) is 0. The first-order valence-electron chi connectivity index (χ1n) is 3.57. The van der Waals surface area contributed by atoms with E-state index < -0.39 is 9.28 Å². The van der Waals surface area contributed by atoms with Gasteiger partial charge in [0, 0.05) is 7.11 Å². The van der Waals surface area contributed by atoms with E-state index >= 15 is 0 Å². The third kappa shape index (κ3) is 2.74.